The van der Waals surface area contributed by atoms with Crippen LogP contribution in [0.5, 0.6) is 0 Å². The molecule has 0 aliphatic heterocycles. The van der Waals surface area contributed by atoms with Crippen LogP contribution in [0, 0.1) is 6.92 Å². The zero-order chi connectivity index (χ0) is 13.8. The minimum atomic E-state index is -0.493. The van der Waals surface area contributed by atoms with Gasteiger partial charge in [-0.05, 0) is 18.6 Å². The Kier molecular flexibility index (Phi) is 3.75. The number of aromatic nitrogens is 2. The second kappa shape index (κ2) is 5.48. The molecule has 0 atom stereocenters. The van der Waals surface area contributed by atoms with Gasteiger partial charge >= 0.3 is 5.97 Å². The normalized spacial score (nSPS) is 10.1. The van der Waals surface area contributed by atoms with E-state index in [1.165, 1.54) is 13.3 Å². The number of ether oxygens (including phenoxy) is 1. The van der Waals surface area contributed by atoms with Crippen LogP contribution in [0.4, 0.5) is 11.5 Å². The maximum atomic E-state index is 11.4. The summed E-state index contributed by atoms with van der Waals surface area (Å²) in [5.41, 5.74) is 2.33. The quantitative estimate of drug-likeness (QED) is 0.790. The van der Waals surface area contributed by atoms with E-state index in [2.05, 4.69) is 14.7 Å². The summed E-state index contributed by atoms with van der Waals surface area (Å²) >= 11 is 0. The van der Waals surface area contributed by atoms with E-state index in [1.54, 1.807) is 6.20 Å². The standard InChI is InChI=1S/C14H15N3O2/c1-10-6-4-5-7-12(10)17(2)13-9-15-8-11(16-13)14(18)19-3/h4-9H,1-3H3. The number of anilines is 2. The van der Waals surface area contributed by atoms with Crippen molar-refractivity contribution in [3.8, 4) is 0 Å². The van der Waals surface area contributed by atoms with Crippen molar-refractivity contribution in [3.05, 3.63) is 47.9 Å². The van der Waals surface area contributed by atoms with Crippen LogP contribution in [0.2, 0.25) is 0 Å². The fourth-order valence-electron chi connectivity index (χ4n) is 1.78. The molecule has 0 aliphatic rings. The number of esters is 1. The molecule has 19 heavy (non-hydrogen) atoms. The Bertz CT molecular complexity index is 599. The average Bonchev–Trinajstić information content (AvgIpc) is 2.46. The molecule has 5 heteroatoms. The highest BCUT2D eigenvalue weighted by atomic mass is 16.5. The van der Waals surface area contributed by atoms with Crippen LogP contribution < -0.4 is 4.90 Å². The lowest BCUT2D eigenvalue weighted by molar-refractivity contribution is 0.0593. The van der Waals surface area contributed by atoms with E-state index in [1.807, 2.05) is 43.1 Å². The van der Waals surface area contributed by atoms with Crippen molar-refractivity contribution in [2.24, 2.45) is 0 Å². The van der Waals surface area contributed by atoms with Crippen molar-refractivity contribution in [2.75, 3.05) is 19.1 Å². The fourth-order valence-corrected chi connectivity index (χ4v) is 1.78. The molecule has 0 unspecified atom stereocenters. The van der Waals surface area contributed by atoms with Crippen LogP contribution in [0.25, 0.3) is 0 Å². The van der Waals surface area contributed by atoms with E-state index >= 15 is 0 Å². The Morgan fingerprint density at radius 3 is 2.68 bits per heavy atom. The largest absolute Gasteiger partial charge is 0.464 e. The number of rotatable bonds is 3. The number of methoxy groups -OCH3 is 1. The molecular weight excluding hydrogens is 242 g/mol. The molecule has 0 N–H and O–H groups in total. The average molecular weight is 257 g/mol. The van der Waals surface area contributed by atoms with Gasteiger partial charge in [0.15, 0.2) is 11.5 Å². The second-order valence-corrected chi connectivity index (χ2v) is 4.10. The second-order valence-electron chi connectivity index (χ2n) is 4.10. The zero-order valence-electron chi connectivity index (χ0n) is 11.1. The molecule has 0 amide bonds. The van der Waals surface area contributed by atoms with Crippen LogP contribution in [0.3, 0.4) is 0 Å². The summed E-state index contributed by atoms with van der Waals surface area (Å²) in [5.74, 6) is 0.102. The molecule has 1 heterocycles. The predicted molar refractivity (Wildman–Crippen MR) is 72.6 cm³/mol. The molecule has 2 rings (SSSR count). The van der Waals surface area contributed by atoms with Crippen molar-refractivity contribution in [3.63, 3.8) is 0 Å². The van der Waals surface area contributed by atoms with Crippen LogP contribution in [0.1, 0.15) is 16.1 Å². The van der Waals surface area contributed by atoms with E-state index in [-0.39, 0.29) is 5.69 Å². The van der Waals surface area contributed by atoms with Crippen LogP contribution in [-0.2, 0) is 4.74 Å². The lowest BCUT2D eigenvalue weighted by Crippen LogP contribution is -2.15. The summed E-state index contributed by atoms with van der Waals surface area (Å²) in [7, 11) is 3.20. The molecule has 0 fully saturated rings. The molecule has 1 aromatic heterocycles. The smallest absolute Gasteiger partial charge is 0.358 e. The number of hydrogen-bond donors (Lipinski definition) is 0. The number of carbonyl (C=O) groups excluding carboxylic acids is 1. The minimum Gasteiger partial charge on any atom is -0.464 e. The number of aryl methyl sites for hydroxylation is 1. The van der Waals surface area contributed by atoms with Crippen molar-refractivity contribution < 1.29 is 9.53 Å². The molecule has 0 bridgehead atoms. The van der Waals surface area contributed by atoms with E-state index in [0.29, 0.717) is 5.82 Å². The van der Waals surface area contributed by atoms with Gasteiger partial charge in [0.2, 0.25) is 0 Å². The highest BCUT2D eigenvalue weighted by Gasteiger charge is 2.12. The topological polar surface area (TPSA) is 55.3 Å². The summed E-state index contributed by atoms with van der Waals surface area (Å²) in [5, 5.41) is 0. The number of carbonyl (C=O) groups is 1. The van der Waals surface area contributed by atoms with Crippen molar-refractivity contribution in [1.29, 1.82) is 0 Å². The Hall–Kier alpha value is -2.43. The molecule has 0 spiro atoms. The summed E-state index contributed by atoms with van der Waals surface area (Å²) in [4.78, 5) is 21.6. The molecule has 2 aromatic rings. The fraction of sp³-hybridized carbons (Fsp3) is 0.214. The van der Waals surface area contributed by atoms with Gasteiger partial charge in [0, 0.05) is 12.7 Å². The first-order chi connectivity index (χ1) is 9.13. The first-order valence-corrected chi connectivity index (χ1v) is 5.83. The Morgan fingerprint density at radius 2 is 2.00 bits per heavy atom. The maximum Gasteiger partial charge on any atom is 0.358 e. The minimum absolute atomic E-state index is 0.195. The third kappa shape index (κ3) is 2.70. The Labute approximate surface area is 111 Å². The molecule has 5 nitrogen and oxygen atoms in total. The van der Waals surface area contributed by atoms with Crippen LogP contribution in [-0.4, -0.2) is 30.1 Å². The monoisotopic (exact) mass is 257 g/mol. The van der Waals surface area contributed by atoms with Gasteiger partial charge in [0.05, 0.1) is 19.5 Å². The molecular formula is C14H15N3O2. The SMILES string of the molecule is COC(=O)c1cncc(N(C)c2ccccc2C)n1. The lowest BCUT2D eigenvalue weighted by Gasteiger charge is -2.20. The molecule has 1 aromatic carbocycles. The third-order valence-electron chi connectivity index (χ3n) is 2.84. The van der Waals surface area contributed by atoms with Crippen molar-refractivity contribution in [1.82, 2.24) is 9.97 Å². The summed E-state index contributed by atoms with van der Waals surface area (Å²) in [6.07, 6.45) is 3.00. The maximum absolute atomic E-state index is 11.4. The van der Waals surface area contributed by atoms with Crippen LogP contribution >= 0.6 is 0 Å². The first-order valence-electron chi connectivity index (χ1n) is 5.83. The van der Waals surface area contributed by atoms with Gasteiger partial charge in [-0.3, -0.25) is 4.98 Å². The van der Waals surface area contributed by atoms with Gasteiger partial charge in [-0.25, -0.2) is 9.78 Å². The van der Waals surface area contributed by atoms with E-state index in [4.69, 9.17) is 0 Å². The van der Waals surface area contributed by atoms with Gasteiger partial charge in [0.1, 0.15) is 0 Å². The molecule has 98 valence electrons. The number of para-hydroxylation sites is 1. The highest BCUT2D eigenvalue weighted by molar-refractivity contribution is 5.87. The van der Waals surface area contributed by atoms with Crippen molar-refractivity contribution in [2.45, 2.75) is 6.92 Å². The first kappa shape index (κ1) is 13.0. The molecule has 0 radical (unpaired) electrons. The van der Waals surface area contributed by atoms with E-state index in [0.717, 1.165) is 11.3 Å². The van der Waals surface area contributed by atoms with Gasteiger partial charge < -0.3 is 9.64 Å². The summed E-state index contributed by atoms with van der Waals surface area (Å²) < 4.78 is 4.64. The Balaban J connectivity index is 2.37. The number of hydrogen-bond acceptors (Lipinski definition) is 5. The van der Waals surface area contributed by atoms with Crippen LogP contribution in [0.15, 0.2) is 36.7 Å². The molecule has 0 saturated heterocycles. The summed E-state index contributed by atoms with van der Waals surface area (Å²) in [6, 6.07) is 7.94. The Morgan fingerprint density at radius 1 is 1.26 bits per heavy atom. The highest BCUT2D eigenvalue weighted by Crippen LogP contribution is 2.24. The third-order valence-corrected chi connectivity index (χ3v) is 2.84. The zero-order valence-corrected chi connectivity index (χ0v) is 11.1. The summed E-state index contributed by atoms with van der Waals surface area (Å²) in [6.45, 7) is 2.02. The number of nitrogens with zero attached hydrogens (tertiary/aromatic N) is 3. The van der Waals surface area contributed by atoms with Crippen molar-refractivity contribution >= 4 is 17.5 Å². The van der Waals surface area contributed by atoms with Gasteiger partial charge in [-0.15, -0.1) is 0 Å². The van der Waals surface area contributed by atoms with E-state index in [9.17, 15) is 4.79 Å². The predicted octanol–water partition coefficient (Wildman–Crippen LogP) is 2.34. The lowest BCUT2D eigenvalue weighted by atomic mass is 10.2. The molecule has 0 saturated carbocycles. The van der Waals surface area contributed by atoms with Gasteiger partial charge in [-0.2, -0.15) is 0 Å². The van der Waals surface area contributed by atoms with Gasteiger partial charge in [-0.1, -0.05) is 18.2 Å². The molecule has 0 aliphatic carbocycles. The van der Waals surface area contributed by atoms with Gasteiger partial charge in [0.25, 0.3) is 0 Å². The number of benzene rings is 1. The van der Waals surface area contributed by atoms with E-state index < -0.39 is 5.97 Å².